The molecule has 0 radical (unpaired) electrons. The molecular formula is C40H51F4N5O9S. The van der Waals surface area contributed by atoms with Crippen molar-refractivity contribution in [3.63, 3.8) is 0 Å². The van der Waals surface area contributed by atoms with Gasteiger partial charge in [-0.15, -0.1) is 0 Å². The maximum Gasteiger partial charge on any atom is 0.411 e. The van der Waals surface area contributed by atoms with Crippen LogP contribution in [0.2, 0.25) is 0 Å². The number of nitrogens with one attached hydrogen (secondary N) is 2. The lowest BCUT2D eigenvalue weighted by atomic mass is 9.85. The van der Waals surface area contributed by atoms with E-state index in [4.69, 9.17) is 9.47 Å². The van der Waals surface area contributed by atoms with Crippen molar-refractivity contribution >= 4 is 44.7 Å². The molecule has 19 heteroatoms. The molecule has 6 rings (SSSR count). The number of pyridine rings is 1. The third kappa shape index (κ3) is 8.53. The van der Waals surface area contributed by atoms with Crippen molar-refractivity contribution in [2.75, 3.05) is 19.8 Å². The molecule has 1 saturated heterocycles. The first-order chi connectivity index (χ1) is 27.6. The number of fused-ring (bicyclic) bond motifs is 3. The van der Waals surface area contributed by atoms with E-state index in [1.54, 1.807) is 36.4 Å². The van der Waals surface area contributed by atoms with Crippen LogP contribution in [-0.2, 0) is 24.4 Å². The topological polar surface area (TPSA) is 185 Å². The Morgan fingerprint density at radius 1 is 1.12 bits per heavy atom. The second-order valence-corrected chi connectivity index (χ2v) is 19.0. The van der Waals surface area contributed by atoms with E-state index >= 15 is 0 Å². The van der Waals surface area contributed by atoms with Crippen LogP contribution in [0.1, 0.15) is 79.6 Å². The number of alkyl halides is 4. The number of benzene rings is 1. The largest absolute Gasteiger partial charge is 0.494 e. The van der Waals surface area contributed by atoms with Crippen molar-refractivity contribution in [1.82, 2.24) is 24.8 Å². The van der Waals surface area contributed by atoms with E-state index < -0.39 is 92.5 Å². The minimum atomic E-state index is -5.11. The van der Waals surface area contributed by atoms with Crippen LogP contribution in [0.3, 0.4) is 0 Å². The molecule has 0 bridgehead atoms. The first kappa shape index (κ1) is 43.9. The van der Waals surface area contributed by atoms with Crippen LogP contribution in [-0.4, -0.2) is 112 Å². The zero-order chi connectivity index (χ0) is 43.3. The number of sulfonamides is 1. The quantitative estimate of drug-likeness (QED) is 0.204. The average molecular weight is 854 g/mol. The number of hydrogen-bond acceptors (Lipinski definition) is 9. The number of nitrogens with zero attached hydrogens (tertiary/aromatic N) is 3. The van der Waals surface area contributed by atoms with Crippen LogP contribution in [0, 0.1) is 17.8 Å². The summed E-state index contributed by atoms with van der Waals surface area (Å²) in [5.41, 5.74) is -4.27. The van der Waals surface area contributed by atoms with Crippen LogP contribution in [0.15, 0.2) is 42.6 Å². The standard InChI is InChI=1S/C40H51F4N5O9S/c1-6-57-27-11-12-30-25(16-27)17-28(20-45-30)58-29-18-31-33(50)46-39(35(52)47-59(55,56)38(22-41)13-14-38)19-26(39)10-8-7-9-23(2)15-24(3)32(34(51)48(31)21-29)49(36(53)54)37(4,5)40(42,43)44/h8,10-12,16-17,20,23-24,26,29,31-32H,6-7,9,13-15,18-19,21-22H2,1-5H3,(H,46,50)(H,47,52)(H,53,54)/b10-8-/t23-,24-,26-,29-,31+,32+,39-/m1/s1. The molecule has 0 unspecified atom stereocenters. The Morgan fingerprint density at radius 2 is 1.81 bits per heavy atom. The van der Waals surface area contributed by atoms with Gasteiger partial charge in [0.15, 0.2) is 0 Å². The fraction of sp³-hybridized carbons (Fsp3) is 0.625. The Hall–Kier alpha value is -4.68. The predicted octanol–water partition coefficient (Wildman–Crippen LogP) is 5.51. The Morgan fingerprint density at radius 3 is 2.44 bits per heavy atom. The molecule has 1 aromatic carbocycles. The highest BCUT2D eigenvalue weighted by atomic mass is 32.2. The molecule has 4 aliphatic rings. The lowest BCUT2D eigenvalue weighted by molar-refractivity contribution is -0.222. The van der Waals surface area contributed by atoms with E-state index in [1.165, 1.54) is 13.1 Å². The molecular weight excluding hydrogens is 803 g/mol. The molecule has 0 spiro atoms. The van der Waals surface area contributed by atoms with Crippen molar-refractivity contribution in [1.29, 1.82) is 0 Å². The molecule has 1 aromatic heterocycles. The number of carboxylic acid groups (broad SMARTS) is 1. The summed E-state index contributed by atoms with van der Waals surface area (Å²) in [4.78, 5) is 61.8. The van der Waals surface area contributed by atoms with E-state index in [0.29, 0.717) is 49.9 Å². The van der Waals surface area contributed by atoms with E-state index in [9.17, 15) is 50.3 Å². The van der Waals surface area contributed by atoms with Gasteiger partial charge in [-0.3, -0.25) is 29.0 Å². The second-order valence-electron chi connectivity index (χ2n) is 16.9. The minimum Gasteiger partial charge on any atom is -0.494 e. The Bertz CT molecular complexity index is 2110. The Labute approximate surface area is 340 Å². The van der Waals surface area contributed by atoms with Crippen LogP contribution in [0.5, 0.6) is 11.5 Å². The van der Waals surface area contributed by atoms with Gasteiger partial charge in [0.05, 0.1) is 24.9 Å². The summed E-state index contributed by atoms with van der Waals surface area (Å²) in [6, 6.07) is 3.47. The average Bonchev–Trinajstić information content (AvgIpc) is 4.06. The van der Waals surface area contributed by atoms with Crippen molar-refractivity contribution in [2.24, 2.45) is 17.8 Å². The number of carbonyl (C=O) groups excluding carboxylic acids is 3. The molecule has 324 valence electrons. The van der Waals surface area contributed by atoms with Gasteiger partial charge < -0.3 is 24.8 Å². The van der Waals surface area contributed by atoms with Gasteiger partial charge in [-0.1, -0.05) is 26.0 Å². The molecule has 14 nitrogen and oxygen atoms in total. The van der Waals surface area contributed by atoms with Gasteiger partial charge in [-0.2, -0.15) is 13.2 Å². The van der Waals surface area contributed by atoms with Gasteiger partial charge in [-0.05, 0) is 95.4 Å². The van der Waals surface area contributed by atoms with Gasteiger partial charge in [-0.25, -0.2) is 17.6 Å². The SMILES string of the molecule is CCOc1ccc2ncc(O[C@@H]3C[C@H]4C(=O)N[C@]5(C(=O)NS(=O)(=O)C6(CF)CC6)C[C@H]5/C=C\CC[C@@H](C)C[C@@H](C)[C@H](N(C(=O)O)C(C)(C)C(F)(F)F)C(=O)N4C3)cc2c1. The number of carbonyl (C=O) groups is 4. The molecule has 7 atom stereocenters. The molecule has 2 aromatic rings. The van der Waals surface area contributed by atoms with Crippen LogP contribution < -0.4 is 19.5 Å². The summed E-state index contributed by atoms with van der Waals surface area (Å²) < 4.78 is 96.3. The maximum absolute atomic E-state index is 14.9. The molecule has 2 aliphatic carbocycles. The molecule has 4 amide bonds. The summed E-state index contributed by atoms with van der Waals surface area (Å²) in [6.07, 6.45) is -2.47. The van der Waals surface area contributed by atoms with E-state index in [0.717, 1.165) is 4.90 Å². The number of amides is 4. The summed E-state index contributed by atoms with van der Waals surface area (Å²) in [6.45, 7) is 5.33. The van der Waals surface area contributed by atoms with Crippen molar-refractivity contribution in [2.45, 2.75) is 120 Å². The van der Waals surface area contributed by atoms with Gasteiger partial charge in [0.1, 0.15) is 52.2 Å². The summed E-state index contributed by atoms with van der Waals surface area (Å²) >= 11 is 0. The fourth-order valence-electron chi connectivity index (χ4n) is 8.34. The lowest BCUT2D eigenvalue weighted by Gasteiger charge is -2.45. The third-order valence-electron chi connectivity index (χ3n) is 12.2. The molecule has 3 heterocycles. The molecule has 2 aliphatic heterocycles. The highest BCUT2D eigenvalue weighted by Gasteiger charge is 2.64. The first-order valence-electron chi connectivity index (χ1n) is 19.8. The number of allylic oxidation sites excluding steroid dienone is 1. The zero-order valence-corrected chi connectivity index (χ0v) is 34.4. The van der Waals surface area contributed by atoms with Gasteiger partial charge in [0.2, 0.25) is 21.8 Å². The number of ether oxygens (including phenoxy) is 2. The van der Waals surface area contributed by atoms with Gasteiger partial charge in [0, 0.05) is 17.7 Å². The van der Waals surface area contributed by atoms with Gasteiger partial charge >= 0.3 is 12.3 Å². The first-order valence-corrected chi connectivity index (χ1v) is 21.3. The third-order valence-corrected chi connectivity index (χ3v) is 14.4. The van der Waals surface area contributed by atoms with Crippen LogP contribution >= 0.6 is 0 Å². The van der Waals surface area contributed by atoms with E-state index in [1.807, 2.05) is 18.6 Å². The molecule has 2 saturated carbocycles. The van der Waals surface area contributed by atoms with Crippen LogP contribution in [0.4, 0.5) is 22.4 Å². The zero-order valence-electron chi connectivity index (χ0n) is 33.6. The predicted molar refractivity (Wildman–Crippen MR) is 207 cm³/mol. The van der Waals surface area contributed by atoms with Crippen LogP contribution in [0.25, 0.3) is 10.9 Å². The Balaban J connectivity index is 1.40. The second kappa shape index (κ2) is 16.1. The Kier molecular flexibility index (Phi) is 11.9. The highest BCUT2D eigenvalue weighted by molar-refractivity contribution is 7.91. The normalized spacial score (nSPS) is 29.2. The summed E-state index contributed by atoms with van der Waals surface area (Å²) in [5.74, 6) is -4.19. The number of hydrogen-bond donors (Lipinski definition) is 3. The van der Waals surface area contributed by atoms with E-state index in [-0.39, 0.29) is 55.2 Å². The monoisotopic (exact) mass is 853 g/mol. The smallest absolute Gasteiger partial charge is 0.411 e. The lowest BCUT2D eigenvalue weighted by Crippen LogP contribution is -2.66. The summed E-state index contributed by atoms with van der Waals surface area (Å²) in [5, 5.41) is 13.7. The number of halogens is 4. The van der Waals surface area contributed by atoms with Crippen molar-refractivity contribution in [3.05, 3.63) is 42.6 Å². The number of rotatable bonds is 10. The van der Waals surface area contributed by atoms with Crippen molar-refractivity contribution < 1.29 is 59.7 Å². The molecule has 59 heavy (non-hydrogen) atoms. The molecule has 3 fully saturated rings. The fourth-order valence-corrected chi connectivity index (χ4v) is 9.77. The number of aromatic nitrogens is 1. The van der Waals surface area contributed by atoms with Crippen molar-refractivity contribution in [3.8, 4) is 11.5 Å². The van der Waals surface area contributed by atoms with Gasteiger partial charge in [0.25, 0.3) is 5.91 Å². The maximum atomic E-state index is 14.9. The minimum absolute atomic E-state index is 0.00598. The highest BCUT2D eigenvalue weighted by Crippen LogP contribution is 2.48. The molecule has 3 N–H and O–H groups in total. The van der Waals surface area contributed by atoms with E-state index in [2.05, 4.69) is 10.3 Å². The summed E-state index contributed by atoms with van der Waals surface area (Å²) in [7, 11) is -4.50.